The first-order valence-corrected chi connectivity index (χ1v) is 27.9. The van der Waals surface area contributed by atoms with Gasteiger partial charge in [0.1, 0.15) is 5.58 Å². The van der Waals surface area contributed by atoms with E-state index in [1.165, 1.54) is 8.92 Å². The molecule has 2 heterocycles. The Morgan fingerprint density at radius 2 is 0.679 bits per heavy atom. The molecule has 0 unspecified atom stereocenters. The number of furan rings is 2. The van der Waals surface area contributed by atoms with E-state index in [9.17, 15) is 0 Å². The second kappa shape index (κ2) is 20.4. The van der Waals surface area contributed by atoms with Gasteiger partial charge in [-0.2, -0.15) is 0 Å². The summed E-state index contributed by atoms with van der Waals surface area (Å²) >= 11 is -0.0292. The van der Waals surface area contributed by atoms with Crippen molar-refractivity contribution in [3.05, 3.63) is 297 Å². The van der Waals surface area contributed by atoms with Crippen LogP contribution in [0.25, 0.3) is 66.1 Å². The van der Waals surface area contributed by atoms with Gasteiger partial charge in [-0.3, -0.25) is 0 Å². The van der Waals surface area contributed by atoms with Crippen molar-refractivity contribution >= 4 is 119 Å². The SMILES string of the molecule is c1ccc([Se]c2cc(N(c3ccccc3)c3cccc(N(c4cc(N(c5ccccc5)c5ccccc5)c5c(c4)oc4ccccc45)c4c(-c5ccccc5)cccc4-c4ccccc4)c3)cc3oc4ccccc4c23)cc1. The van der Waals surface area contributed by atoms with Crippen LogP contribution in [0.1, 0.15) is 0 Å². The average molecular weight is 1070 g/mol. The van der Waals surface area contributed by atoms with Gasteiger partial charge in [-0.15, -0.1) is 0 Å². The number of anilines is 9. The third-order valence-corrected chi connectivity index (χ3v) is 16.6. The van der Waals surface area contributed by atoms with E-state index in [1.54, 1.807) is 0 Å². The predicted octanol–water partition coefficient (Wildman–Crippen LogP) is 18.9. The zero-order valence-corrected chi connectivity index (χ0v) is 44.1. The fraction of sp³-hybridized carbons (Fsp3) is 0. The van der Waals surface area contributed by atoms with E-state index in [2.05, 4.69) is 306 Å². The average Bonchev–Trinajstić information content (AvgIpc) is 4.12. The van der Waals surface area contributed by atoms with E-state index in [0.29, 0.717) is 0 Å². The van der Waals surface area contributed by atoms with E-state index >= 15 is 0 Å². The Bertz CT molecular complexity index is 4320. The summed E-state index contributed by atoms with van der Waals surface area (Å²) < 4.78 is 16.4. The summed E-state index contributed by atoms with van der Waals surface area (Å²) in [5.74, 6) is 0. The first kappa shape index (κ1) is 46.7. The molecule has 0 aliphatic heterocycles. The van der Waals surface area contributed by atoms with Crippen LogP contribution in [-0.4, -0.2) is 15.0 Å². The van der Waals surface area contributed by atoms with Gasteiger partial charge in [-0.05, 0) is 30.3 Å². The van der Waals surface area contributed by atoms with Crippen molar-refractivity contribution < 1.29 is 8.83 Å². The van der Waals surface area contributed by atoms with Crippen LogP contribution in [0.3, 0.4) is 0 Å². The third-order valence-electron chi connectivity index (χ3n) is 14.4. The molecule has 0 saturated carbocycles. The van der Waals surface area contributed by atoms with Gasteiger partial charge in [-0.25, -0.2) is 0 Å². The summed E-state index contributed by atoms with van der Waals surface area (Å²) in [5, 5.41) is 4.36. The van der Waals surface area contributed by atoms with Crippen molar-refractivity contribution in [2.75, 3.05) is 14.7 Å². The summed E-state index contributed by atoms with van der Waals surface area (Å²) in [6.45, 7) is 0. The fourth-order valence-corrected chi connectivity index (χ4v) is 13.2. The molecular formula is C72H49N3O2Se. The number of benzene rings is 12. The molecule has 0 atom stereocenters. The summed E-state index contributed by atoms with van der Waals surface area (Å²) in [6.07, 6.45) is 0. The van der Waals surface area contributed by atoms with E-state index < -0.39 is 0 Å². The van der Waals surface area contributed by atoms with Crippen molar-refractivity contribution in [2.24, 2.45) is 0 Å². The van der Waals surface area contributed by atoms with Gasteiger partial charge in [0.2, 0.25) is 0 Å². The monoisotopic (exact) mass is 1070 g/mol. The molecule has 0 bridgehead atoms. The zero-order chi connectivity index (χ0) is 51.8. The van der Waals surface area contributed by atoms with Crippen LogP contribution in [0.2, 0.25) is 0 Å². The van der Waals surface area contributed by atoms with Crippen LogP contribution < -0.4 is 23.6 Å². The molecule has 14 aromatic rings. The second-order valence-corrected chi connectivity index (χ2v) is 21.6. The predicted molar refractivity (Wildman–Crippen MR) is 327 cm³/mol. The maximum atomic E-state index is 7.03. The molecule has 0 spiro atoms. The normalized spacial score (nSPS) is 11.4. The molecule has 78 heavy (non-hydrogen) atoms. The third kappa shape index (κ3) is 8.65. The Hall–Kier alpha value is -9.84. The van der Waals surface area contributed by atoms with Crippen molar-refractivity contribution in [3.8, 4) is 22.3 Å². The molecule has 6 heteroatoms. The van der Waals surface area contributed by atoms with Crippen LogP contribution in [-0.2, 0) is 0 Å². The molecule has 2 aromatic heterocycles. The molecule has 370 valence electrons. The Morgan fingerprint density at radius 1 is 0.269 bits per heavy atom. The van der Waals surface area contributed by atoms with Crippen LogP contribution in [0, 0.1) is 0 Å². The van der Waals surface area contributed by atoms with Crippen molar-refractivity contribution in [3.63, 3.8) is 0 Å². The number of hydrogen-bond acceptors (Lipinski definition) is 5. The molecule has 0 N–H and O–H groups in total. The molecule has 0 amide bonds. The van der Waals surface area contributed by atoms with Gasteiger partial charge in [0.25, 0.3) is 0 Å². The summed E-state index contributed by atoms with van der Waals surface area (Å²) in [5.41, 5.74) is 16.7. The molecule has 0 saturated heterocycles. The van der Waals surface area contributed by atoms with Crippen LogP contribution >= 0.6 is 0 Å². The van der Waals surface area contributed by atoms with Crippen molar-refractivity contribution in [1.82, 2.24) is 0 Å². The molecule has 12 aromatic carbocycles. The van der Waals surface area contributed by atoms with Crippen molar-refractivity contribution in [2.45, 2.75) is 0 Å². The number of fused-ring (bicyclic) bond motifs is 6. The fourth-order valence-electron chi connectivity index (χ4n) is 11.0. The summed E-state index contributed by atoms with van der Waals surface area (Å²) in [4.78, 5) is 7.19. The van der Waals surface area contributed by atoms with E-state index in [-0.39, 0.29) is 15.0 Å². The quantitative estimate of drug-likeness (QED) is 0.108. The van der Waals surface area contributed by atoms with E-state index in [1.807, 2.05) is 6.07 Å². The topological polar surface area (TPSA) is 36.0 Å². The Labute approximate surface area is 459 Å². The molecule has 0 aliphatic rings. The van der Waals surface area contributed by atoms with Gasteiger partial charge >= 0.3 is 318 Å². The second-order valence-electron chi connectivity index (χ2n) is 19.2. The number of hydrogen-bond donors (Lipinski definition) is 0. The Balaban J connectivity index is 1.06. The zero-order valence-electron chi connectivity index (χ0n) is 42.4. The first-order valence-electron chi connectivity index (χ1n) is 26.2. The number of nitrogens with zero attached hydrogens (tertiary/aromatic N) is 3. The van der Waals surface area contributed by atoms with Gasteiger partial charge in [-0.1, -0.05) is 91.0 Å². The molecular weight excluding hydrogens is 1020 g/mol. The first-order chi connectivity index (χ1) is 38.7. The summed E-state index contributed by atoms with van der Waals surface area (Å²) in [7, 11) is 0. The van der Waals surface area contributed by atoms with Crippen LogP contribution in [0.15, 0.2) is 306 Å². The van der Waals surface area contributed by atoms with Gasteiger partial charge in [0, 0.05) is 16.8 Å². The number of para-hydroxylation sites is 6. The van der Waals surface area contributed by atoms with E-state index in [0.717, 1.165) is 117 Å². The van der Waals surface area contributed by atoms with Crippen LogP contribution in [0.5, 0.6) is 0 Å². The Morgan fingerprint density at radius 3 is 1.23 bits per heavy atom. The van der Waals surface area contributed by atoms with Gasteiger partial charge < -0.3 is 0 Å². The van der Waals surface area contributed by atoms with Gasteiger partial charge in [0.05, 0.1) is 0 Å². The number of rotatable bonds is 13. The molecule has 0 fully saturated rings. The molecule has 5 nitrogen and oxygen atoms in total. The maximum absolute atomic E-state index is 7.03. The Kier molecular flexibility index (Phi) is 12.2. The van der Waals surface area contributed by atoms with Crippen molar-refractivity contribution in [1.29, 1.82) is 0 Å². The standard InChI is InChI=1S/C72H49N3O2Se/c1-7-25-50(26-8-1)60-41-24-42-61(51-27-9-2-10-28-51)72(60)75(57-46-64(70-62-39-19-21-43-65(62)76-67(70)47-57)74(53-31-13-4-14-32-53)54-33-15-5-16-34-54)56-36-23-35-55(45-56)73(52-29-11-3-12-30-52)58-48-68-71(63-40-20-22-44-66(63)77-68)69(49-58)78-59-37-17-6-18-38-59/h1-49H. The van der Waals surface area contributed by atoms with Gasteiger partial charge in [0.15, 0.2) is 0 Å². The van der Waals surface area contributed by atoms with E-state index in [4.69, 9.17) is 8.83 Å². The van der Waals surface area contributed by atoms with Crippen LogP contribution in [0.4, 0.5) is 51.2 Å². The minimum atomic E-state index is -0.0292. The molecule has 14 rings (SSSR count). The minimum absolute atomic E-state index is 0.0292. The molecule has 0 aliphatic carbocycles. The molecule has 0 radical (unpaired) electrons. The summed E-state index contributed by atoms with van der Waals surface area (Å²) in [6, 6.07) is 106.